The average molecular weight is 542 g/mol. The number of amides is 3. The van der Waals surface area contributed by atoms with Crippen molar-refractivity contribution in [3.8, 4) is 0 Å². The number of nitrogens with zero attached hydrogens (tertiary/aromatic N) is 3. The van der Waals surface area contributed by atoms with Crippen LogP contribution in [0.15, 0.2) is 29.1 Å². The summed E-state index contributed by atoms with van der Waals surface area (Å²) in [5.41, 5.74) is 0.832. The Bertz CT molecular complexity index is 1240. The number of carbonyl (C=O) groups excluding carboxylic acids is 2. The highest BCUT2D eigenvalue weighted by Crippen LogP contribution is 2.32. The summed E-state index contributed by atoms with van der Waals surface area (Å²) in [6.45, 7) is 0.275. The fourth-order valence-corrected chi connectivity index (χ4v) is 5.20. The number of likely N-dealkylation sites (tertiary alicyclic amines) is 2. The topological polar surface area (TPSA) is 98.4 Å². The number of hydrogen-bond donors (Lipinski definition) is 2. The molecule has 13 heteroatoms. The summed E-state index contributed by atoms with van der Waals surface area (Å²) in [5, 5.41) is 8.85. The van der Waals surface area contributed by atoms with E-state index < -0.39 is 54.8 Å². The van der Waals surface area contributed by atoms with E-state index in [0.29, 0.717) is 29.0 Å². The van der Waals surface area contributed by atoms with Crippen molar-refractivity contribution in [1.82, 2.24) is 25.3 Å². The van der Waals surface area contributed by atoms with Gasteiger partial charge in [0.15, 0.2) is 11.6 Å². The quantitative estimate of drug-likeness (QED) is 0.579. The van der Waals surface area contributed by atoms with Gasteiger partial charge in [-0.15, -0.1) is 0 Å². The largest absolute Gasteiger partial charge is 0.406 e. The minimum absolute atomic E-state index is 0.0400. The third-order valence-electron chi connectivity index (χ3n) is 7.13. The Balaban J connectivity index is 1.45. The van der Waals surface area contributed by atoms with Gasteiger partial charge < -0.3 is 15.1 Å². The minimum Gasteiger partial charge on any atom is -0.331 e. The van der Waals surface area contributed by atoms with Gasteiger partial charge in [-0.1, -0.05) is 12.1 Å². The SMILES string of the molecule is Cc1cc(C2CCN(C(=O)N[C@@H]3CC[C@@H](c4cccc(F)c4F)CN(CC(F)(F)F)C3=O)CC2)c(=O)[nH]n1. The number of piperidine rings is 1. The van der Waals surface area contributed by atoms with Crippen LogP contribution in [0.25, 0.3) is 0 Å². The van der Waals surface area contributed by atoms with Crippen LogP contribution in [0.4, 0.5) is 26.7 Å². The Kier molecular flexibility index (Phi) is 8.02. The van der Waals surface area contributed by atoms with Crippen LogP contribution in [0.5, 0.6) is 0 Å². The van der Waals surface area contributed by atoms with E-state index >= 15 is 0 Å². The molecule has 2 aromatic rings. The van der Waals surface area contributed by atoms with Crippen LogP contribution in [-0.4, -0.2) is 70.3 Å². The molecule has 2 aliphatic heterocycles. The zero-order chi connectivity index (χ0) is 27.6. The lowest BCUT2D eigenvalue weighted by Gasteiger charge is -2.33. The molecule has 206 valence electrons. The Morgan fingerprint density at radius 2 is 1.79 bits per heavy atom. The number of urea groups is 1. The number of nitrogens with one attached hydrogen (secondary N) is 2. The molecular weight excluding hydrogens is 513 g/mol. The highest BCUT2D eigenvalue weighted by molar-refractivity contribution is 5.87. The van der Waals surface area contributed by atoms with Crippen molar-refractivity contribution in [3.05, 3.63) is 63.1 Å². The predicted molar refractivity (Wildman–Crippen MR) is 126 cm³/mol. The van der Waals surface area contributed by atoms with Crippen molar-refractivity contribution in [1.29, 1.82) is 0 Å². The van der Waals surface area contributed by atoms with Crippen LogP contribution in [-0.2, 0) is 4.79 Å². The highest BCUT2D eigenvalue weighted by atomic mass is 19.4. The molecule has 2 atom stereocenters. The van der Waals surface area contributed by atoms with Gasteiger partial charge in [-0.25, -0.2) is 18.7 Å². The molecule has 3 amide bonds. The first kappa shape index (κ1) is 27.5. The standard InChI is InChI=1S/C25H28F5N5O3/c1-14-11-18(22(36)33-32-14)15-7-9-34(10-8-15)24(38)31-20-6-5-16(17-3-2-4-19(26)21(17)27)12-35(23(20)37)13-25(28,29)30/h2-4,11,15-16,20H,5-10,12-13H2,1H3,(H,31,38)(H,33,36)/t16-,20-/m1/s1. The molecule has 2 aliphatic rings. The molecule has 0 saturated carbocycles. The lowest BCUT2D eigenvalue weighted by Crippen LogP contribution is -2.54. The number of aromatic amines is 1. The zero-order valence-electron chi connectivity index (χ0n) is 20.7. The average Bonchev–Trinajstić information content (AvgIpc) is 3.00. The summed E-state index contributed by atoms with van der Waals surface area (Å²) in [6, 6.07) is 3.30. The highest BCUT2D eigenvalue weighted by Gasteiger charge is 2.40. The Labute approximate surface area is 215 Å². The number of aryl methyl sites for hydroxylation is 1. The van der Waals surface area contributed by atoms with Gasteiger partial charge in [0.1, 0.15) is 12.6 Å². The smallest absolute Gasteiger partial charge is 0.331 e. The van der Waals surface area contributed by atoms with Crippen molar-refractivity contribution in [2.45, 2.75) is 56.7 Å². The monoisotopic (exact) mass is 541 g/mol. The lowest BCUT2D eigenvalue weighted by atomic mass is 9.90. The molecule has 0 spiro atoms. The van der Waals surface area contributed by atoms with Gasteiger partial charge >= 0.3 is 12.2 Å². The fourth-order valence-electron chi connectivity index (χ4n) is 5.20. The Hall–Kier alpha value is -3.51. The first-order valence-electron chi connectivity index (χ1n) is 12.3. The summed E-state index contributed by atoms with van der Waals surface area (Å²) in [4.78, 5) is 40.2. The molecule has 8 nitrogen and oxygen atoms in total. The molecule has 38 heavy (non-hydrogen) atoms. The van der Waals surface area contributed by atoms with Crippen molar-refractivity contribution in [2.24, 2.45) is 0 Å². The van der Waals surface area contributed by atoms with E-state index in [9.17, 15) is 36.3 Å². The number of rotatable bonds is 4. The summed E-state index contributed by atoms with van der Waals surface area (Å²) in [7, 11) is 0. The molecule has 0 unspecified atom stereocenters. The van der Waals surface area contributed by atoms with Crippen molar-refractivity contribution >= 4 is 11.9 Å². The molecule has 3 heterocycles. The van der Waals surface area contributed by atoms with Gasteiger partial charge in [0.05, 0.1) is 5.69 Å². The lowest BCUT2D eigenvalue weighted by molar-refractivity contribution is -0.162. The number of aromatic nitrogens is 2. The first-order valence-corrected chi connectivity index (χ1v) is 12.3. The maximum atomic E-state index is 14.4. The van der Waals surface area contributed by atoms with E-state index in [4.69, 9.17) is 0 Å². The van der Waals surface area contributed by atoms with Crippen molar-refractivity contribution in [3.63, 3.8) is 0 Å². The van der Waals surface area contributed by atoms with E-state index in [-0.39, 0.29) is 43.0 Å². The molecule has 0 bridgehead atoms. The van der Waals surface area contributed by atoms with Crippen LogP contribution < -0.4 is 10.9 Å². The summed E-state index contributed by atoms with van der Waals surface area (Å²) < 4.78 is 68.1. The van der Waals surface area contributed by atoms with Crippen molar-refractivity contribution in [2.75, 3.05) is 26.2 Å². The fraction of sp³-hybridized carbons (Fsp3) is 0.520. The van der Waals surface area contributed by atoms with Gasteiger partial charge in [-0.3, -0.25) is 9.59 Å². The summed E-state index contributed by atoms with van der Waals surface area (Å²) in [5.74, 6) is -4.18. The number of benzene rings is 1. The molecule has 4 rings (SSSR count). The van der Waals surface area contributed by atoms with E-state index in [0.717, 1.165) is 6.07 Å². The Morgan fingerprint density at radius 3 is 2.47 bits per heavy atom. The number of carbonyl (C=O) groups is 2. The number of H-pyrrole nitrogens is 1. The maximum absolute atomic E-state index is 14.4. The van der Waals surface area contributed by atoms with Gasteiger partial charge in [0.2, 0.25) is 5.91 Å². The maximum Gasteiger partial charge on any atom is 0.406 e. The van der Waals surface area contributed by atoms with E-state index in [2.05, 4.69) is 15.5 Å². The third kappa shape index (κ3) is 6.30. The first-order chi connectivity index (χ1) is 17.9. The number of halogens is 5. The molecule has 0 aliphatic carbocycles. The van der Waals surface area contributed by atoms with Crippen LogP contribution in [0.2, 0.25) is 0 Å². The normalized spacial score (nSPS) is 21.4. The van der Waals surface area contributed by atoms with Gasteiger partial charge in [0, 0.05) is 31.1 Å². The molecular formula is C25H28F5N5O3. The van der Waals surface area contributed by atoms with Crippen LogP contribution in [0, 0.1) is 18.6 Å². The summed E-state index contributed by atoms with van der Waals surface area (Å²) in [6.07, 6.45) is -3.72. The van der Waals surface area contributed by atoms with Gasteiger partial charge in [-0.05, 0) is 56.2 Å². The van der Waals surface area contributed by atoms with Gasteiger partial charge in [0.25, 0.3) is 5.56 Å². The molecule has 1 aromatic heterocycles. The Morgan fingerprint density at radius 1 is 1.08 bits per heavy atom. The van der Waals surface area contributed by atoms with E-state index in [1.165, 1.54) is 17.0 Å². The number of hydrogen-bond acceptors (Lipinski definition) is 4. The van der Waals surface area contributed by atoms with Crippen LogP contribution >= 0.6 is 0 Å². The van der Waals surface area contributed by atoms with Crippen molar-refractivity contribution < 1.29 is 31.5 Å². The third-order valence-corrected chi connectivity index (χ3v) is 7.13. The van der Waals surface area contributed by atoms with Crippen LogP contribution in [0.3, 0.4) is 0 Å². The minimum atomic E-state index is -4.72. The molecule has 2 N–H and O–H groups in total. The number of alkyl halides is 3. The summed E-state index contributed by atoms with van der Waals surface area (Å²) >= 11 is 0. The zero-order valence-corrected chi connectivity index (χ0v) is 20.7. The second-order valence-electron chi connectivity index (χ2n) is 9.81. The predicted octanol–water partition coefficient (Wildman–Crippen LogP) is 3.58. The second-order valence-corrected chi connectivity index (χ2v) is 9.81. The van der Waals surface area contributed by atoms with Gasteiger partial charge in [-0.2, -0.15) is 18.3 Å². The second kappa shape index (κ2) is 11.1. The molecule has 2 fully saturated rings. The molecule has 2 saturated heterocycles. The molecule has 1 aromatic carbocycles. The van der Waals surface area contributed by atoms with Crippen LogP contribution in [0.1, 0.15) is 54.3 Å². The van der Waals surface area contributed by atoms with E-state index in [1.807, 2.05) is 0 Å². The molecule has 0 radical (unpaired) electrons. The van der Waals surface area contributed by atoms with E-state index in [1.54, 1.807) is 13.0 Å².